The fraction of sp³-hybridized carbons (Fsp3) is 0.600. The third kappa shape index (κ3) is 3.71. The van der Waals surface area contributed by atoms with Crippen molar-refractivity contribution in [3.63, 3.8) is 0 Å². The van der Waals surface area contributed by atoms with Gasteiger partial charge in [0.25, 0.3) is 0 Å². The van der Waals surface area contributed by atoms with Gasteiger partial charge in [-0.15, -0.1) is 0 Å². The zero-order chi connectivity index (χ0) is 18.0. The van der Waals surface area contributed by atoms with Crippen LogP contribution < -0.4 is 5.32 Å². The monoisotopic (exact) mass is 344 g/mol. The average molecular weight is 344 g/mol. The summed E-state index contributed by atoms with van der Waals surface area (Å²) in [6, 6.07) is 5.72. The summed E-state index contributed by atoms with van der Waals surface area (Å²) in [6.07, 6.45) is 5.93. The van der Waals surface area contributed by atoms with Crippen LogP contribution in [0.5, 0.6) is 0 Å². The van der Waals surface area contributed by atoms with Crippen LogP contribution in [0.1, 0.15) is 50.2 Å². The minimum atomic E-state index is -0.799. The normalized spacial score (nSPS) is 26.2. The average Bonchev–Trinajstić information content (AvgIpc) is 2.95. The van der Waals surface area contributed by atoms with Crippen LogP contribution >= 0.6 is 0 Å². The molecule has 1 aromatic carbocycles. The van der Waals surface area contributed by atoms with Crippen LogP contribution in [0.25, 0.3) is 0 Å². The largest absolute Gasteiger partial charge is 0.480 e. The molecule has 3 rings (SSSR count). The highest BCUT2D eigenvalue weighted by Gasteiger charge is 2.45. The van der Waals surface area contributed by atoms with Gasteiger partial charge in [0.2, 0.25) is 5.91 Å². The van der Waals surface area contributed by atoms with E-state index >= 15 is 0 Å². The van der Waals surface area contributed by atoms with Crippen molar-refractivity contribution in [3.05, 3.63) is 29.3 Å². The summed E-state index contributed by atoms with van der Waals surface area (Å²) < 4.78 is 0. The number of fused-ring (bicyclic) bond motifs is 1. The predicted molar refractivity (Wildman–Crippen MR) is 97.7 cm³/mol. The van der Waals surface area contributed by atoms with E-state index in [1.807, 2.05) is 30.0 Å². The van der Waals surface area contributed by atoms with Crippen molar-refractivity contribution in [2.24, 2.45) is 5.92 Å². The van der Waals surface area contributed by atoms with Gasteiger partial charge in [-0.25, -0.2) is 0 Å². The van der Waals surface area contributed by atoms with Crippen molar-refractivity contribution >= 4 is 17.6 Å². The molecule has 5 nitrogen and oxygen atoms in total. The zero-order valence-corrected chi connectivity index (χ0v) is 15.1. The van der Waals surface area contributed by atoms with Gasteiger partial charge in [-0.2, -0.15) is 0 Å². The zero-order valence-electron chi connectivity index (χ0n) is 15.1. The lowest BCUT2D eigenvalue weighted by atomic mass is 9.85. The number of aryl methyl sites for hydroxylation is 2. The first kappa shape index (κ1) is 17.9. The number of hydrogen-bond donors (Lipinski definition) is 2. The third-order valence-corrected chi connectivity index (χ3v) is 5.84. The van der Waals surface area contributed by atoms with E-state index in [4.69, 9.17) is 0 Å². The van der Waals surface area contributed by atoms with Gasteiger partial charge >= 0.3 is 5.97 Å². The lowest BCUT2D eigenvalue weighted by Crippen LogP contribution is -2.46. The number of benzene rings is 1. The standard InChI is InChI=1S/C20H28N2O3/c1-3-14-9-6-7-13(2)19(14)21-18(23)12-22-16-10-5-4-8-15(16)11-17(22)20(24)25/h6-7,9,15-17H,3-5,8,10-12H2,1-2H3,(H,21,23)(H,24,25). The van der Waals surface area contributed by atoms with Crippen LogP contribution in [0.3, 0.4) is 0 Å². The van der Waals surface area contributed by atoms with Gasteiger partial charge in [-0.05, 0) is 49.7 Å². The maximum Gasteiger partial charge on any atom is 0.320 e. The highest BCUT2D eigenvalue weighted by atomic mass is 16.4. The first-order valence-corrected chi connectivity index (χ1v) is 9.38. The highest BCUT2D eigenvalue weighted by molar-refractivity contribution is 5.94. The quantitative estimate of drug-likeness (QED) is 0.860. The number of carboxylic acids is 1. The Morgan fingerprint density at radius 2 is 2.04 bits per heavy atom. The Balaban J connectivity index is 1.74. The number of amides is 1. The molecule has 25 heavy (non-hydrogen) atoms. The number of carboxylic acid groups (broad SMARTS) is 1. The minimum Gasteiger partial charge on any atom is -0.480 e. The second-order valence-electron chi connectivity index (χ2n) is 7.38. The maximum atomic E-state index is 12.7. The number of hydrogen-bond acceptors (Lipinski definition) is 3. The van der Waals surface area contributed by atoms with Crippen molar-refractivity contribution in [2.75, 3.05) is 11.9 Å². The maximum absolute atomic E-state index is 12.7. The molecule has 0 radical (unpaired) electrons. The molecular weight excluding hydrogens is 316 g/mol. The van der Waals surface area contributed by atoms with Crippen molar-refractivity contribution in [1.29, 1.82) is 0 Å². The van der Waals surface area contributed by atoms with E-state index in [-0.39, 0.29) is 18.5 Å². The molecule has 1 aliphatic carbocycles. The fourth-order valence-corrected chi connectivity index (χ4v) is 4.57. The van der Waals surface area contributed by atoms with E-state index < -0.39 is 12.0 Å². The van der Waals surface area contributed by atoms with Gasteiger partial charge < -0.3 is 10.4 Å². The molecule has 0 bridgehead atoms. The summed E-state index contributed by atoms with van der Waals surface area (Å²) in [5.41, 5.74) is 3.03. The van der Waals surface area contributed by atoms with Crippen LogP contribution in [0.15, 0.2) is 18.2 Å². The SMILES string of the molecule is CCc1cccc(C)c1NC(=O)CN1C(C(=O)O)CC2CCCCC21. The summed E-state index contributed by atoms with van der Waals surface area (Å²) in [5.74, 6) is -0.485. The van der Waals surface area contributed by atoms with Gasteiger partial charge in [0.05, 0.1) is 6.54 Å². The minimum absolute atomic E-state index is 0.110. The van der Waals surface area contributed by atoms with Gasteiger partial charge in [-0.1, -0.05) is 38.0 Å². The van der Waals surface area contributed by atoms with Crippen molar-refractivity contribution in [2.45, 2.75) is 64.5 Å². The molecule has 3 unspecified atom stereocenters. The molecule has 1 heterocycles. The summed E-state index contributed by atoms with van der Waals surface area (Å²) in [5, 5.41) is 12.6. The molecule has 1 saturated carbocycles. The summed E-state index contributed by atoms with van der Waals surface area (Å²) in [7, 11) is 0. The molecule has 2 N–H and O–H groups in total. The molecule has 1 amide bonds. The molecule has 1 aromatic rings. The molecule has 2 aliphatic rings. The number of anilines is 1. The smallest absolute Gasteiger partial charge is 0.320 e. The van der Waals surface area contributed by atoms with E-state index in [0.717, 1.165) is 42.5 Å². The lowest BCUT2D eigenvalue weighted by molar-refractivity contribution is -0.143. The summed E-state index contributed by atoms with van der Waals surface area (Å²) in [6.45, 7) is 4.22. The van der Waals surface area contributed by atoms with Crippen LogP contribution in [-0.2, 0) is 16.0 Å². The Kier molecular flexibility index (Phi) is 5.42. The number of nitrogens with zero attached hydrogens (tertiary/aromatic N) is 1. The lowest BCUT2D eigenvalue weighted by Gasteiger charge is -2.32. The van der Waals surface area contributed by atoms with E-state index in [1.54, 1.807) is 0 Å². The Labute approximate surface area is 149 Å². The Morgan fingerprint density at radius 1 is 1.28 bits per heavy atom. The van der Waals surface area contributed by atoms with Crippen LogP contribution in [-0.4, -0.2) is 40.5 Å². The van der Waals surface area contributed by atoms with E-state index in [2.05, 4.69) is 12.2 Å². The van der Waals surface area contributed by atoms with Gasteiger partial charge in [0.15, 0.2) is 0 Å². The second kappa shape index (κ2) is 7.56. The van der Waals surface area contributed by atoms with Gasteiger partial charge in [0.1, 0.15) is 6.04 Å². The Morgan fingerprint density at radius 3 is 2.76 bits per heavy atom. The van der Waals surface area contributed by atoms with Crippen LogP contribution in [0.2, 0.25) is 0 Å². The van der Waals surface area contributed by atoms with Gasteiger partial charge in [-0.3, -0.25) is 14.5 Å². The van der Waals surface area contributed by atoms with Crippen LogP contribution in [0, 0.1) is 12.8 Å². The van der Waals surface area contributed by atoms with E-state index in [0.29, 0.717) is 12.3 Å². The molecule has 5 heteroatoms. The van der Waals surface area contributed by atoms with Crippen LogP contribution in [0.4, 0.5) is 5.69 Å². The first-order valence-electron chi connectivity index (χ1n) is 9.38. The van der Waals surface area contributed by atoms with Crippen molar-refractivity contribution in [3.8, 4) is 0 Å². The topological polar surface area (TPSA) is 69.6 Å². The Bertz CT molecular complexity index is 658. The molecule has 1 aliphatic heterocycles. The van der Waals surface area contributed by atoms with Crippen molar-refractivity contribution < 1.29 is 14.7 Å². The molecule has 0 spiro atoms. The predicted octanol–water partition coefficient (Wildman–Crippen LogP) is 3.21. The van der Waals surface area contributed by atoms with Gasteiger partial charge in [0, 0.05) is 11.7 Å². The number of aliphatic carboxylic acids is 1. The fourth-order valence-electron chi connectivity index (χ4n) is 4.57. The molecule has 0 aromatic heterocycles. The third-order valence-electron chi connectivity index (χ3n) is 5.84. The number of rotatable bonds is 5. The number of nitrogens with one attached hydrogen (secondary N) is 1. The highest BCUT2D eigenvalue weighted by Crippen LogP contribution is 2.39. The number of para-hydroxylation sites is 1. The van der Waals surface area contributed by atoms with E-state index in [1.165, 1.54) is 6.42 Å². The Hall–Kier alpha value is -1.88. The molecular formula is C20H28N2O3. The number of likely N-dealkylation sites (tertiary alicyclic amines) is 1. The molecule has 136 valence electrons. The summed E-state index contributed by atoms with van der Waals surface area (Å²) in [4.78, 5) is 26.3. The van der Waals surface area contributed by atoms with Crippen molar-refractivity contribution in [1.82, 2.24) is 4.90 Å². The first-order chi connectivity index (χ1) is 12.0. The number of carbonyl (C=O) groups excluding carboxylic acids is 1. The number of carbonyl (C=O) groups is 2. The second-order valence-corrected chi connectivity index (χ2v) is 7.38. The molecule has 1 saturated heterocycles. The summed E-state index contributed by atoms with van der Waals surface area (Å²) >= 11 is 0. The van der Waals surface area contributed by atoms with E-state index in [9.17, 15) is 14.7 Å². The molecule has 2 fully saturated rings. The molecule has 3 atom stereocenters.